The van der Waals surface area contributed by atoms with E-state index < -0.39 is 5.60 Å². The fourth-order valence-electron chi connectivity index (χ4n) is 2.74. The zero-order valence-electron chi connectivity index (χ0n) is 9.84. The van der Waals surface area contributed by atoms with Gasteiger partial charge in [0.1, 0.15) is 5.60 Å². The summed E-state index contributed by atoms with van der Waals surface area (Å²) >= 11 is 1.66. The molecular weight excluding hydrogens is 242 g/mol. The third-order valence-corrected chi connectivity index (χ3v) is 4.99. The Balaban J connectivity index is 2.21. The number of thiophene rings is 1. The molecule has 0 aliphatic heterocycles. The van der Waals surface area contributed by atoms with Crippen LogP contribution in [0.5, 0.6) is 0 Å². The Kier molecular flexibility index (Phi) is 1.81. The molecule has 2 nitrogen and oxygen atoms in total. The highest BCUT2D eigenvalue weighted by Crippen LogP contribution is 2.53. The summed E-state index contributed by atoms with van der Waals surface area (Å²) in [5.41, 5.74) is 2.03. The van der Waals surface area contributed by atoms with Crippen molar-refractivity contribution in [3.8, 4) is 11.3 Å². The quantitative estimate of drug-likeness (QED) is 0.665. The first-order valence-corrected chi connectivity index (χ1v) is 6.71. The molecule has 2 heterocycles. The van der Waals surface area contributed by atoms with E-state index in [-0.39, 0.29) is 0 Å². The van der Waals surface area contributed by atoms with E-state index in [1.54, 1.807) is 17.5 Å². The van der Waals surface area contributed by atoms with Gasteiger partial charge in [-0.2, -0.15) is 0 Å². The van der Waals surface area contributed by atoms with Crippen molar-refractivity contribution in [3.05, 3.63) is 53.0 Å². The zero-order valence-corrected chi connectivity index (χ0v) is 10.7. The van der Waals surface area contributed by atoms with Crippen molar-refractivity contribution in [1.82, 2.24) is 4.98 Å². The summed E-state index contributed by atoms with van der Waals surface area (Å²) in [5, 5.41) is 12.0. The molecule has 0 fully saturated rings. The standard InChI is InChI=1S/C15H11NOS/c1-15(17)10-6-4-8-16-13(10)12-9-5-2-3-7-11(9)18-14(12)15/h2-8,17H,1H3. The lowest BCUT2D eigenvalue weighted by Gasteiger charge is -2.17. The molecule has 1 aliphatic rings. The summed E-state index contributed by atoms with van der Waals surface area (Å²) in [6.45, 7) is 1.86. The highest BCUT2D eigenvalue weighted by atomic mass is 32.1. The zero-order chi connectivity index (χ0) is 12.3. The topological polar surface area (TPSA) is 33.1 Å². The van der Waals surface area contributed by atoms with E-state index in [4.69, 9.17) is 0 Å². The second kappa shape index (κ2) is 3.19. The smallest absolute Gasteiger partial charge is 0.124 e. The van der Waals surface area contributed by atoms with Crippen molar-refractivity contribution in [2.24, 2.45) is 0 Å². The predicted octanol–water partition coefficient (Wildman–Crippen LogP) is 3.53. The molecule has 0 radical (unpaired) electrons. The third kappa shape index (κ3) is 1.08. The Hall–Kier alpha value is -1.71. The van der Waals surface area contributed by atoms with Gasteiger partial charge < -0.3 is 5.11 Å². The Bertz CT molecular complexity index is 773. The molecule has 88 valence electrons. The summed E-state index contributed by atoms with van der Waals surface area (Å²) in [6.07, 6.45) is 1.79. The highest BCUT2D eigenvalue weighted by Gasteiger charge is 2.41. The van der Waals surface area contributed by atoms with Gasteiger partial charge in [0.25, 0.3) is 0 Å². The molecule has 0 saturated carbocycles. The number of benzene rings is 1. The summed E-state index contributed by atoms with van der Waals surface area (Å²) in [5.74, 6) is 0. The van der Waals surface area contributed by atoms with Crippen LogP contribution in [0.4, 0.5) is 0 Å². The molecule has 0 saturated heterocycles. The van der Waals surface area contributed by atoms with Crippen molar-refractivity contribution >= 4 is 21.4 Å². The maximum atomic E-state index is 10.8. The van der Waals surface area contributed by atoms with E-state index in [0.29, 0.717) is 0 Å². The number of hydrogen-bond acceptors (Lipinski definition) is 3. The van der Waals surface area contributed by atoms with Crippen molar-refractivity contribution in [2.75, 3.05) is 0 Å². The average molecular weight is 253 g/mol. The first-order valence-electron chi connectivity index (χ1n) is 5.90. The Morgan fingerprint density at radius 2 is 2.00 bits per heavy atom. The van der Waals surface area contributed by atoms with Crippen molar-refractivity contribution in [1.29, 1.82) is 0 Å². The van der Waals surface area contributed by atoms with Gasteiger partial charge in [-0.3, -0.25) is 4.98 Å². The lowest BCUT2D eigenvalue weighted by Crippen LogP contribution is -2.17. The Labute approximate surface area is 109 Å². The molecular formula is C15H11NOS. The van der Waals surface area contributed by atoms with Crippen molar-refractivity contribution in [3.63, 3.8) is 0 Å². The molecule has 18 heavy (non-hydrogen) atoms. The molecule has 0 bridgehead atoms. The maximum absolute atomic E-state index is 10.8. The van der Waals surface area contributed by atoms with Crippen LogP contribution >= 0.6 is 11.3 Å². The van der Waals surface area contributed by atoms with Crippen LogP contribution in [0.25, 0.3) is 21.3 Å². The lowest BCUT2D eigenvalue weighted by molar-refractivity contribution is 0.111. The molecule has 1 aliphatic carbocycles. The highest BCUT2D eigenvalue weighted by molar-refractivity contribution is 7.20. The number of aromatic nitrogens is 1. The summed E-state index contributed by atoms with van der Waals surface area (Å²) in [4.78, 5) is 5.48. The molecule has 4 rings (SSSR count). The van der Waals surface area contributed by atoms with Crippen LogP contribution in [0.15, 0.2) is 42.6 Å². The van der Waals surface area contributed by atoms with Crippen molar-refractivity contribution in [2.45, 2.75) is 12.5 Å². The van der Waals surface area contributed by atoms with Crippen LogP contribution in [-0.2, 0) is 5.60 Å². The number of hydrogen-bond donors (Lipinski definition) is 1. The van der Waals surface area contributed by atoms with Crippen LogP contribution in [0, 0.1) is 0 Å². The van der Waals surface area contributed by atoms with Crippen LogP contribution in [-0.4, -0.2) is 10.1 Å². The van der Waals surface area contributed by atoms with Gasteiger partial charge in [-0.25, -0.2) is 0 Å². The fourth-order valence-corrected chi connectivity index (χ4v) is 4.01. The molecule has 1 atom stereocenters. The number of pyridine rings is 1. The van der Waals surface area contributed by atoms with Gasteiger partial charge in [-0.05, 0) is 19.1 Å². The van der Waals surface area contributed by atoms with Gasteiger partial charge in [0, 0.05) is 27.4 Å². The molecule has 3 aromatic rings. The molecule has 1 unspecified atom stereocenters. The maximum Gasteiger partial charge on any atom is 0.124 e. The van der Waals surface area contributed by atoms with Gasteiger partial charge in [-0.15, -0.1) is 11.3 Å². The van der Waals surface area contributed by atoms with E-state index in [1.165, 1.54) is 10.1 Å². The van der Waals surface area contributed by atoms with Crippen LogP contribution in [0.2, 0.25) is 0 Å². The molecule has 1 N–H and O–H groups in total. The monoisotopic (exact) mass is 253 g/mol. The number of fused-ring (bicyclic) bond motifs is 5. The molecule has 0 amide bonds. The third-order valence-electron chi connectivity index (χ3n) is 3.61. The van der Waals surface area contributed by atoms with Gasteiger partial charge in [0.05, 0.1) is 10.6 Å². The predicted molar refractivity (Wildman–Crippen MR) is 73.7 cm³/mol. The minimum absolute atomic E-state index is 0.914. The largest absolute Gasteiger partial charge is 0.380 e. The Morgan fingerprint density at radius 3 is 2.89 bits per heavy atom. The minimum Gasteiger partial charge on any atom is -0.380 e. The summed E-state index contributed by atoms with van der Waals surface area (Å²) in [6, 6.07) is 12.1. The van der Waals surface area contributed by atoms with Gasteiger partial charge in [-0.1, -0.05) is 24.3 Å². The number of aliphatic hydroxyl groups is 1. The van der Waals surface area contributed by atoms with Crippen LogP contribution < -0.4 is 0 Å². The van der Waals surface area contributed by atoms with E-state index in [0.717, 1.165) is 21.7 Å². The normalized spacial score (nSPS) is 21.0. The summed E-state index contributed by atoms with van der Waals surface area (Å²) in [7, 11) is 0. The van der Waals surface area contributed by atoms with Crippen LogP contribution in [0.1, 0.15) is 17.4 Å². The van der Waals surface area contributed by atoms with E-state index in [1.807, 2.05) is 31.2 Å². The Morgan fingerprint density at radius 1 is 1.17 bits per heavy atom. The molecule has 0 spiro atoms. The van der Waals surface area contributed by atoms with E-state index >= 15 is 0 Å². The molecule has 3 heteroatoms. The van der Waals surface area contributed by atoms with Gasteiger partial charge >= 0.3 is 0 Å². The second-order valence-corrected chi connectivity index (χ2v) is 5.83. The first kappa shape index (κ1) is 10.2. The van der Waals surface area contributed by atoms with Gasteiger partial charge in [0.15, 0.2) is 0 Å². The lowest BCUT2D eigenvalue weighted by atomic mass is 10.0. The second-order valence-electron chi connectivity index (χ2n) is 4.77. The molecule has 2 aromatic heterocycles. The average Bonchev–Trinajstić information content (AvgIpc) is 2.87. The minimum atomic E-state index is -0.914. The van der Waals surface area contributed by atoms with E-state index in [2.05, 4.69) is 17.1 Å². The first-order chi connectivity index (χ1) is 8.69. The summed E-state index contributed by atoms with van der Waals surface area (Å²) < 4.78 is 1.21. The fraction of sp³-hybridized carbons (Fsp3) is 0.133. The molecule has 1 aromatic carbocycles. The van der Waals surface area contributed by atoms with E-state index in [9.17, 15) is 5.11 Å². The number of rotatable bonds is 0. The van der Waals surface area contributed by atoms with Crippen molar-refractivity contribution < 1.29 is 5.11 Å². The van der Waals surface area contributed by atoms with Crippen LogP contribution in [0.3, 0.4) is 0 Å². The van der Waals surface area contributed by atoms with Gasteiger partial charge in [0.2, 0.25) is 0 Å². The number of nitrogens with zero attached hydrogens (tertiary/aromatic N) is 1. The SMILES string of the molecule is CC1(O)c2cccnc2-c2c1sc1ccccc21.